The van der Waals surface area contributed by atoms with Crippen LogP contribution in [0.15, 0.2) is 11.6 Å². The molecule has 0 bridgehead atoms. The standard InChI is InChI=1S/C6H9Br2ClO/c1-4(2)3-5(10)6(7,8)9/h3,5,10H,1-2H3. The van der Waals surface area contributed by atoms with Gasteiger partial charge in [0.15, 0.2) is 2.69 Å². The molecule has 1 atom stereocenters. The second-order valence-electron chi connectivity index (χ2n) is 2.23. The molecule has 0 fully saturated rings. The summed E-state index contributed by atoms with van der Waals surface area (Å²) in [7, 11) is 0. The van der Waals surface area contributed by atoms with Gasteiger partial charge in [0, 0.05) is 0 Å². The Morgan fingerprint density at radius 1 is 1.60 bits per heavy atom. The van der Waals surface area contributed by atoms with E-state index in [-0.39, 0.29) is 0 Å². The molecule has 1 unspecified atom stereocenters. The molecule has 1 N–H and O–H groups in total. The van der Waals surface area contributed by atoms with Gasteiger partial charge >= 0.3 is 0 Å². The lowest BCUT2D eigenvalue weighted by molar-refractivity contribution is 0.234. The van der Waals surface area contributed by atoms with Crippen LogP contribution in [0.4, 0.5) is 0 Å². The van der Waals surface area contributed by atoms with Gasteiger partial charge in [0.05, 0.1) is 0 Å². The van der Waals surface area contributed by atoms with E-state index in [2.05, 4.69) is 31.9 Å². The fourth-order valence-electron chi connectivity index (χ4n) is 0.410. The predicted molar refractivity (Wildman–Crippen MR) is 51.9 cm³/mol. The molecule has 0 radical (unpaired) electrons. The van der Waals surface area contributed by atoms with Gasteiger partial charge in [-0.25, -0.2) is 0 Å². The van der Waals surface area contributed by atoms with E-state index >= 15 is 0 Å². The Kier molecular flexibility index (Phi) is 4.48. The van der Waals surface area contributed by atoms with Crippen molar-refractivity contribution in [1.29, 1.82) is 0 Å². The number of aliphatic hydroxyl groups excluding tert-OH is 1. The van der Waals surface area contributed by atoms with Crippen LogP contribution >= 0.6 is 43.5 Å². The van der Waals surface area contributed by atoms with Crippen LogP contribution in [-0.2, 0) is 0 Å². The third kappa shape index (κ3) is 4.72. The molecule has 0 aromatic rings. The second kappa shape index (κ2) is 4.10. The minimum absolute atomic E-state index is 0.723. The number of aliphatic hydroxyl groups is 1. The summed E-state index contributed by atoms with van der Waals surface area (Å²) in [6.45, 7) is 3.79. The Morgan fingerprint density at radius 3 is 2.10 bits per heavy atom. The van der Waals surface area contributed by atoms with Crippen molar-refractivity contribution < 1.29 is 5.11 Å². The maximum Gasteiger partial charge on any atom is 0.182 e. The molecule has 0 rings (SSSR count). The molecule has 0 saturated carbocycles. The molecular weight excluding hydrogens is 283 g/mol. The van der Waals surface area contributed by atoms with Crippen molar-refractivity contribution in [3.8, 4) is 0 Å². The summed E-state index contributed by atoms with van der Waals surface area (Å²) in [6, 6.07) is 0. The molecular formula is C6H9Br2ClO. The zero-order valence-corrected chi connectivity index (χ0v) is 9.66. The Hall–Kier alpha value is 0.950. The summed E-state index contributed by atoms with van der Waals surface area (Å²) < 4.78 is -0.933. The van der Waals surface area contributed by atoms with Crippen LogP contribution in [0.1, 0.15) is 13.8 Å². The van der Waals surface area contributed by atoms with Crippen molar-refractivity contribution in [2.75, 3.05) is 0 Å². The number of hydrogen-bond donors (Lipinski definition) is 1. The lowest BCUT2D eigenvalue weighted by Gasteiger charge is -2.16. The summed E-state index contributed by atoms with van der Waals surface area (Å²) in [5, 5.41) is 9.25. The van der Waals surface area contributed by atoms with Gasteiger partial charge in [-0.1, -0.05) is 55.1 Å². The van der Waals surface area contributed by atoms with E-state index in [0.717, 1.165) is 5.57 Å². The molecule has 0 amide bonds. The highest BCUT2D eigenvalue weighted by Crippen LogP contribution is 2.35. The fourth-order valence-corrected chi connectivity index (χ4v) is 0.738. The monoisotopic (exact) mass is 290 g/mol. The largest absolute Gasteiger partial charge is 0.385 e. The molecule has 10 heavy (non-hydrogen) atoms. The van der Waals surface area contributed by atoms with Crippen LogP contribution in [0.5, 0.6) is 0 Å². The Balaban J connectivity index is 4.11. The fraction of sp³-hybridized carbons (Fsp3) is 0.667. The number of alkyl halides is 3. The van der Waals surface area contributed by atoms with Gasteiger partial charge in [-0.2, -0.15) is 0 Å². The summed E-state index contributed by atoms with van der Waals surface area (Å²) in [5.41, 5.74) is 1.02. The van der Waals surface area contributed by atoms with E-state index in [1.807, 2.05) is 13.8 Å². The van der Waals surface area contributed by atoms with Crippen LogP contribution in [0, 0.1) is 0 Å². The van der Waals surface area contributed by atoms with Gasteiger partial charge in [-0.05, 0) is 13.8 Å². The third-order valence-corrected chi connectivity index (χ3v) is 1.99. The molecule has 0 saturated heterocycles. The molecule has 0 aliphatic rings. The normalized spacial score (nSPS) is 14.6. The van der Waals surface area contributed by atoms with Gasteiger partial charge in [0.25, 0.3) is 0 Å². The van der Waals surface area contributed by atoms with Crippen LogP contribution < -0.4 is 0 Å². The zero-order valence-electron chi connectivity index (χ0n) is 5.74. The molecule has 60 valence electrons. The quantitative estimate of drug-likeness (QED) is 0.613. The highest BCUT2D eigenvalue weighted by atomic mass is 79.9. The first-order valence-corrected chi connectivity index (χ1v) is 4.70. The molecule has 0 aliphatic carbocycles. The SMILES string of the molecule is CC(C)=CC(O)C(Cl)(Br)Br. The number of halogens is 3. The van der Waals surface area contributed by atoms with E-state index < -0.39 is 8.80 Å². The first kappa shape index (κ1) is 11.0. The Morgan fingerprint density at radius 2 is 2.00 bits per heavy atom. The molecule has 0 aromatic carbocycles. The van der Waals surface area contributed by atoms with Crippen LogP contribution in [0.25, 0.3) is 0 Å². The maximum atomic E-state index is 9.25. The first-order valence-electron chi connectivity index (χ1n) is 2.74. The van der Waals surface area contributed by atoms with Crippen molar-refractivity contribution in [3.05, 3.63) is 11.6 Å². The highest BCUT2D eigenvalue weighted by molar-refractivity contribution is 9.26. The average molecular weight is 292 g/mol. The van der Waals surface area contributed by atoms with Crippen molar-refractivity contribution in [1.82, 2.24) is 0 Å². The van der Waals surface area contributed by atoms with Crippen molar-refractivity contribution >= 4 is 43.5 Å². The lowest BCUT2D eigenvalue weighted by atomic mass is 10.2. The van der Waals surface area contributed by atoms with Gasteiger partial charge in [-0.3, -0.25) is 0 Å². The summed E-state index contributed by atoms with van der Waals surface area (Å²) in [5.74, 6) is 0. The third-order valence-electron chi connectivity index (χ3n) is 0.827. The van der Waals surface area contributed by atoms with Crippen molar-refractivity contribution in [2.24, 2.45) is 0 Å². The summed E-state index contributed by atoms with van der Waals surface area (Å²) >= 11 is 11.8. The minimum atomic E-state index is -0.933. The highest BCUT2D eigenvalue weighted by Gasteiger charge is 2.27. The summed E-state index contributed by atoms with van der Waals surface area (Å²) in [6.07, 6.45) is 0.940. The Bertz CT molecular complexity index is 135. The minimum Gasteiger partial charge on any atom is -0.385 e. The second-order valence-corrected chi connectivity index (χ2v) is 7.31. The maximum absolute atomic E-state index is 9.25. The molecule has 0 heterocycles. The Labute approximate surface area is 82.7 Å². The molecule has 0 aliphatic heterocycles. The number of hydrogen-bond acceptors (Lipinski definition) is 1. The van der Waals surface area contributed by atoms with E-state index in [1.54, 1.807) is 6.08 Å². The van der Waals surface area contributed by atoms with E-state index in [0.29, 0.717) is 0 Å². The van der Waals surface area contributed by atoms with Gasteiger partial charge in [0.2, 0.25) is 0 Å². The predicted octanol–water partition coefficient (Wildman–Crippen LogP) is 3.00. The van der Waals surface area contributed by atoms with E-state index in [4.69, 9.17) is 11.6 Å². The summed E-state index contributed by atoms with van der Waals surface area (Å²) in [4.78, 5) is 0. The number of rotatable bonds is 2. The first-order chi connectivity index (χ1) is 4.34. The molecule has 1 nitrogen and oxygen atoms in total. The van der Waals surface area contributed by atoms with Crippen molar-refractivity contribution in [2.45, 2.75) is 22.6 Å². The molecule has 0 spiro atoms. The smallest absolute Gasteiger partial charge is 0.182 e. The van der Waals surface area contributed by atoms with Crippen LogP contribution in [0.3, 0.4) is 0 Å². The van der Waals surface area contributed by atoms with Crippen molar-refractivity contribution in [3.63, 3.8) is 0 Å². The van der Waals surface area contributed by atoms with E-state index in [1.165, 1.54) is 0 Å². The van der Waals surface area contributed by atoms with Crippen LogP contribution in [-0.4, -0.2) is 13.9 Å². The van der Waals surface area contributed by atoms with Crippen LogP contribution in [0.2, 0.25) is 0 Å². The zero-order chi connectivity index (χ0) is 8.36. The van der Waals surface area contributed by atoms with Gasteiger partial charge < -0.3 is 5.11 Å². The van der Waals surface area contributed by atoms with Gasteiger partial charge in [-0.15, -0.1) is 0 Å². The average Bonchev–Trinajstić information content (AvgIpc) is 1.60. The molecule has 0 aromatic heterocycles. The molecule has 4 heteroatoms. The topological polar surface area (TPSA) is 20.2 Å². The number of allylic oxidation sites excluding steroid dienone is 1. The lowest BCUT2D eigenvalue weighted by Crippen LogP contribution is -2.21. The van der Waals surface area contributed by atoms with E-state index in [9.17, 15) is 5.11 Å². The van der Waals surface area contributed by atoms with Gasteiger partial charge in [0.1, 0.15) is 6.10 Å².